The normalized spacial score (nSPS) is 30.6. The average molecular weight is 790 g/mol. The highest BCUT2D eigenvalue weighted by molar-refractivity contribution is 6.30. The predicted octanol–water partition coefficient (Wildman–Crippen LogP) is 9.04. The summed E-state index contributed by atoms with van der Waals surface area (Å²) in [6, 6.07) is 32.3. The maximum absolute atomic E-state index is 13.2. The highest BCUT2D eigenvalue weighted by atomic mass is 35.5. The van der Waals surface area contributed by atoms with Crippen LogP contribution >= 0.6 is 11.6 Å². The lowest BCUT2D eigenvalue weighted by atomic mass is 9.53. The highest BCUT2D eigenvalue weighted by Crippen LogP contribution is 2.55. The SMILES string of the molecule is C[C@@H]1[C@H](CN2CCC(O)(c3ccc(Cl)cc3)CC2)O[C@H](c2cccc(-c3cccc(CNC(=O)NC45CC6CC(CC(C6)C4)C5)c3)c2)O[C@@H]1c1ccc(CO)cc1. The number of halogens is 1. The molecule has 4 bridgehead atoms. The molecule has 0 spiro atoms. The number of aliphatic hydroxyl groups excluding tert-OH is 1. The largest absolute Gasteiger partial charge is 0.392 e. The number of rotatable bonds is 10. The summed E-state index contributed by atoms with van der Waals surface area (Å²) < 4.78 is 13.7. The zero-order chi connectivity index (χ0) is 39.1. The van der Waals surface area contributed by atoms with Gasteiger partial charge in [0.2, 0.25) is 0 Å². The van der Waals surface area contributed by atoms with Crippen LogP contribution in [0.25, 0.3) is 11.1 Å². The Morgan fingerprint density at radius 3 is 2.12 bits per heavy atom. The van der Waals surface area contributed by atoms with E-state index in [1.54, 1.807) is 0 Å². The molecule has 8 nitrogen and oxygen atoms in total. The molecule has 300 valence electrons. The van der Waals surface area contributed by atoms with Gasteiger partial charge >= 0.3 is 6.03 Å². The molecule has 2 saturated heterocycles. The monoisotopic (exact) mass is 789 g/mol. The molecule has 0 aromatic heterocycles. The molecular formula is C48H56ClN3O5. The van der Waals surface area contributed by atoms with Gasteiger partial charge in [-0.2, -0.15) is 0 Å². The third kappa shape index (κ3) is 8.41. The van der Waals surface area contributed by atoms with Crippen LogP contribution in [0.4, 0.5) is 4.79 Å². The second kappa shape index (κ2) is 16.1. The Hall–Kier alpha value is -3.76. The fourth-order valence-electron chi connectivity index (χ4n) is 11.2. The summed E-state index contributed by atoms with van der Waals surface area (Å²) in [6.07, 6.45) is 7.78. The van der Waals surface area contributed by atoms with Gasteiger partial charge < -0.3 is 35.2 Å². The number of carbonyl (C=O) groups is 1. The minimum atomic E-state index is -0.878. The maximum atomic E-state index is 13.2. The Balaban J connectivity index is 0.888. The Labute approximate surface area is 341 Å². The number of amides is 2. The number of hydrogen-bond donors (Lipinski definition) is 4. The van der Waals surface area contributed by atoms with E-state index >= 15 is 0 Å². The van der Waals surface area contributed by atoms with Gasteiger partial charge in [-0.3, -0.25) is 0 Å². The standard InChI is InChI=1S/C48H56ClN3O5/c1-31-43(29-52-18-16-48(55,17-19-52)41-12-14-42(49)15-13-41)56-45(57-44(31)37-10-8-32(30-53)9-11-37)40-7-3-6-39(24-40)38-5-2-4-33(23-38)28-50-46(54)51-47-25-34-20-35(26-47)22-36(21-34)27-47/h2-15,23-24,31,34-36,43-45,53,55H,16-22,25-30H2,1H3,(H2,50,51,54)/t31-,34?,35?,36?,43+,44+,45+,47?/m1/s1. The van der Waals surface area contributed by atoms with Crippen LogP contribution in [0.1, 0.15) is 98.5 Å². The lowest BCUT2D eigenvalue weighted by Gasteiger charge is -2.56. The number of ether oxygens (including phenoxy) is 2. The summed E-state index contributed by atoms with van der Waals surface area (Å²) in [5.41, 5.74) is 6.04. The molecule has 4 saturated carbocycles. The van der Waals surface area contributed by atoms with Gasteiger partial charge in [-0.25, -0.2) is 4.79 Å². The number of aliphatic hydroxyl groups is 2. The first-order valence-corrected chi connectivity index (χ1v) is 21.5. The molecule has 6 fully saturated rings. The van der Waals surface area contributed by atoms with Crippen molar-refractivity contribution in [3.05, 3.63) is 130 Å². The van der Waals surface area contributed by atoms with Gasteiger partial charge in [0.1, 0.15) is 0 Å². The fraction of sp³-hybridized carbons (Fsp3) is 0.479. The highest BCUT2D eigenvalue weighted by Gasteiger charge is 2.51. The number of hydrogen-bond acceptors (Lipinski definition) is 6. The summed E-state index contributed by atoms with van der Waals surface area (Å²) in [6.45, 7) is 4.86. The minimum Gasteiger partial charge on any atom is -0.392 e. The van der Waals surface area contributed by atoms with E-state index in [9.17, 15) is 15.0 Å². The van der Waals surface area contributed by atoms with Crippen LogP contribution in [0, 0.1) is 23.7 Å². The van der Waals surface area contributed by atoms with Crippen molar-refractivity contribution in [1.82, 2.24) is 15.5 Å². The zero-order valence-corrected chi connectivity index (χ0v) is 33.7. The average Bonchev–Trinajstić information content (AvgIpc) is 3.21. The number of nitrogens with one attached hydrogen (secondary N) is 2. The van der Waals surface area contributed by atoms with Gasteiger partial charge in [0.05, 0.1) is 24.4 Å². The Morgan fingerprint density at radius 2 is 1.46 bits per heavy atom. The summed E-state index contributed by atoms with van der Waals surface area (Å²) in [4.78, 5) is 15.6. The second-order valence-corrected chi connectivity index (χ2v) is 18.4. The van der Waals surface area contributed by atoms with Crippen molar-refractivity contribution < 1.29 is 24.5 Å². The van der Waals surface area contributed by atoms with E-state index < -0.39 is 11.9 Å². The third-order valence-electron chi connectivity index (χ3n) is 13.9. The Bertz CT molecular complexity index is 2000. The van der Waals surface area contributed by atoms with E-state index in [2.05, 4.69) is 83.1 Å². The van der Waals surface area contributed by atoms with Gasteiger partial charge in [0.15, 0.2) is 6.29 Å². The summed E-state index contributed by atoms with van der Waals surface area (Å²) >= 11 is 6.14. The Kier molecular flexibility index (Phi) is 11.0. The number of likely N-dealkylation sites (tertiary alicyclic amines) is 1. The number of piperidine rings is 1. The van der Waals surface area contributed by atoms with Gasteiger partial charge in [-0.15, -0.1) is 0 Å². The van der Waals surface area contributed by atoms with Crippen LogP contribution in [0.3, 0.4) is 0 Å². The van der Waals surface area contributed by atoms with Gasteiger partial charge in [0.25, 0.3) is 0 Å². The van der Waals surface area contributed by atoms with Gasteiger partial charge in [0, 0.05) is 48.2 Å². The van der Waals surface area contributed by atoms with E-state index in [-0.39, 0.29) is 36.3 Å². The number of nitrogens with zero attached hydrogens (tertiary/aromatic N) is 1. The molecular weight excluding hydrogens is 734 g/mol. The molecule has 2 amide bonds. The first kappa shape index (κ1) is 38.7. The van der Waals surface area contributed by atoms with Crippen molar-refractivity contribution in [2.24, 2.45) is 23.7 Å². The van der Waals surface area contributed by atoms with E-state index in [4.69, 9.17) is 21.1 Å². The molecule has 2 aliphatic heterocycles. The minimum absolute atomic E-state index is 0.00780. The molecule has 0 unspecified atom stereocenters. The molecule has 4 aromatic rings. The number of benzene rings is 4. The molecule has 4 N–H and O–H groups in total. The van der Waals surface area contributed by atoms with Crippen molar-refractivity contribution in [1.29, 1.82) is 0 Å². The smallest absolute Gasteiger partial charge is 0.315 e. The van der Waals surface area contributed by atoms with Crippen LogP contribution in [0.5, 0.6) is 0 Å². The van der Waals surface area contributed by atoms with Crippen LogP contribution in [0.2, 0.25) is 5.02 Å². The summed E-state index contributed by atoms with van der Waals surface area (Å²) in [7, 11) is 0. The van der Waals surface area contributed by atoms with E-state index in [0.29, 0.717) is 31.0 Å². The molecule has 4 aliphatic carbocycles. The first-order chi connectivity index (χ1) is 27.6. The number of urea groups is 1. The molecule has 9 heteroatoms. The molecule has 2 heterocycles. The van der Waals surface area contributed by atoms with Crippen molar-refractivity contribution >= 4 is 17.6 Å². The quantitative estimate of drug-likeness (QED) is 0.128. The molecule has 6 aliphatic rings. The van der Waals surface area contributed by atoms with E-state index in [1.807, 2.05) is 36.4 Å². The van der Waals surface area contributed by atoms with Crippen LogP contribution in [0.15, 0.2) is 97.1 Å². The maximum Gasteiger partial charge on any atom is 0.315 e. The summed E-state index contributed by atoms with van der Waals surface area (Å²) in [5.74, 6) is 2.40. The zero-order valence-electron chi connectivity index (χ0n) is 32.9. The van der Waals surface area contributed by atoms with Crippen LogP contribution < -0.4 is 10.6 Å². The van der Waals surface area contributed by atoms with Crippen LogP contribution in [-0.2, 0) is 28.2 Å². The summed E-state index contributed by atoms with van der Waals surface area (Å²) in [5, 5.41) is 28.6. The van der Waals surface area contributed by atoms with Gasteiger partial charge in [-0.1, -0.05) is 91.3 Å². The van der Waals surface area contributed by atoms with Crippen molar-refractivity contribution in [2.75, 3.05) is 19.6 Å². The molecule has 10 rings (SSSR count). The van der Waals surface area contributed by atoms with Crippen molar-refractivity contribution in [2.45, 2.75) is 101 Å². The Morgan fingerprint density at radius 1 is 0.807 bits per heavy atom. The second-order valence-electron chi connectivity index (χ2n) is 18.0. The van der Waals surface area contributed by atoms with Crippen molar-refractivity contribution in [3.63, 3.8) is 0 Å². The molecule has 57 heavy (non-hydrogen) atoms. The number of carbonyl (C=O) groups excluding carboxylic acids is 1. The third-order valence-corrected chi connectivity index (χ3v) is 14.2. The van der Waals surface area contributed by atoms with Gasteiger partial charge in [-0.05, 0) is 127 Å². The van der Waals surface area contributed by atoms with E-state index in [0.717, 1.165) is 89.0 Å². The topological polar surface area (TPSA) is 103 Å². The first-order valence-electron chi connectivity index (χ1n) is 21.1. The van der Waals surface area contributed by atoms with E-state index in [1.165, 1.54) is 19.3 Å². The lowest BCUT2D eigenvalue weighted by molar-refractivity contribution is -0.277. The predicted molar refractivity (Wildman–Crippen MR) is 222 cm³/mol. The molecule has 4 atom stereocenters. The molecule has 4 aromatic carbocycles. The van der Waals surface area contributed by atoms with Crippen molar-refractivity contribution in [3.8, 4) is 11.1 Å². The molecule has 0 radical (unpaired) electrons. The fourth-order valence-corrected chi connectivity index (χ4v) is 11.3. The van der Waals surface area contributed by atoms with Crippen LogP contribution in [-0.4, -0.2) is 52.4 Å². The lowest BCUT2D eigenvalue weighted by Crippen LogP contribution is -2.61.